The molecule has 0 fully saturated rings. The summed E-state index contributed by atoms with van der Waals surface area (Å²) in [4.78, 5) is 15.1. The summed E-state index contributed by atoms with van der Waals surface area (Å²) in [5.41, 5.74) is 2.94. The highest BCUT2D eigenvalue weighted by Gasteiger charge is 2.11. The van der Waals surface area contributed by atoms with E-state index < -0.39 is 5.97 Å². The van der Waals surface area contributed by atoms with E-state index in [1.54, 1.807) is 12.1 Å². The minimum atomic E-state index is -0.965. The van der Waals surface area contributed by atoms with Crippen molar-refractivity contribution in [2.45, 2.75) is 6.92 Å². The van der Waals surface area contributed by atoms with Crippen molar-refractivity contribution < 1.29 is 14.4 Å². The molecule has 0 amide bonds. The summed E-state index contributed by atoms with van der Waals surface area (Å²) in [6.07, 6.45) is 0. The summed E-state index contributed by atoms with van der Waals surface area (Å²) in [5, 5.41) is 12.8. The van der Waals surface area contributed by atoms with Crippen LogP contribution in [-0.4, -0.2) is 21.2 Å². The van der Waals surface area contributed by atoms with Gasteiger partial charge in [0.15, 0.2) is 0 Å². The van der Waals surface area contributed by atoms with E-state index in [1.807, 2.05) is 31.2 Å². The molecule has 0 saturated heterocycles. The Balaban J connectivity index is 1.90. The summed E-state index contributed by atoms with van der Waals surface area (Å²) in [5.74, 6) is -0.0951. The van der Waals surface area contributed by atoms with Gasteiger partial charge in [-0.15, -0.1) is 0 Å². The highest BCUT2D eigenvalue weighted by atomic mass is 16.5. The number of nitrogens with zero attached hydrogens (tertiary/aromatic N) is 2. The molecule has 0 aliphatic heterocycles. The lowest BCUT2D eigenvalue weighted by Gasteiger charge is -1.96. The quantitative estimate of drug-likeness (QED) is 0.795. The van der Waals surface area contributed by atoms with E-state index in [0.29, 0.717) is 17.3 Å². The molecular weight excluding hydrogens is 268 g/mol. The molecule has 1 heterocycles. The maximum Gasteiger partial charge on any atom is 0.335 e. The molecule has 3 rings (SSSR count). The van der Waals surface area contributed by atoms with E-state index in [2.05, 4.69) is 10.1 Å². The number of hydrogen-bond acceptors (Lipinski definition) is 4. The molecule has 21 heavy (non-hydrogen) atoms. The molecule has 1 aromatic heterocycles. The Kier molecular flexibility index (Phi) is 3.23. The summed E-state index contributed by atoms with van der Waals surface area (Å²) in [7, 11) is 0. The van der Waals surface area contributed by atoms with E-state index >= 15 is 0 Å². The van der Waals surface area contributed by atoms with Crippen molar-refractivity contribution in [3.63, 3.8) is 0 Å². The second kappa shape index (κ2) is 5.20. The number of carbonyl (C=O) groups is 1. The zero-order valence-electron chi connectivity index (χ0n) is 11.3. The van der Waals surface area contributed by atoms with Crippen LogP contribution in [0.5, 0.6) is 0 Å². The average Bonchev–Trinajstić information content (AvgIpc) is 2.98. The Hall–Kier alpha value is -2.95. The van der Waals surface area contributed by atoms with Gasteiger partial charge < -0.3 is 9.63 Å². The molecule has 2 aromatic carbocycles. The normalized spacial score (nSPS) is 10.5. The van der Waals surface area contributed by atoms with Gasteiger partial charge in [-0.3, -0.25) is 0 Å². The van der Waals surface area contributed by atoms with E-state index in [-0.39, 0.29) is 5.56 Å². The molecular formula is C16H12N2O3. The van der Waals surface area contributed by atoms with Crippen molar-refractivity contribution >= 4 is 5.97 Å². The van der Waals surface area contributed by atoms with Crippen LogP contribution >= 0.6 is 0 Å². The predicted octanol–water partition coefficient (Wildman–Crippen LogP) is 3.41. The van der Waals surface area contributed by atoms with Crippen molar-refractivity contribution in [2.75, 3.05) is 0 Å². The minimum absolute atomic E-state index is 0.219. The van der Waals surface area contributed by atoms with Gasteiger partial charge in [-0.1, -0.05) is 35.0 Å². The van der Waals surface area contributed by atoms with Crippen molar-refractivity contribution in [3.8, 4) is 22.8 Å². The Bertz CT molecular complexity index is 774. The molecule has 104 valence electrons. The highest BCUT2D eigenvalue weighted by molar-refractivity contribution is 5.88. The number of carboxylic acid groups (broad SMARTS) is 1. The molecule has 0 radical (unpaired) electrons. The fraction of sp³-hybridized carbons (Fsp3) is 0.0625. The smallest absolute Gasteiger partial charge is 0.335 e. The molecule has 5 heteroatoms. The van der Waals surface area contributed by atoms with Crippen LogP contribution in [0, 0.1) is 6.92 Å². The van der Waals surface area contributed by atoms with Crippen LogP contribution in [0.15, 0.2) is 53.1 Å². The Morgan fingerprint density at radius 3 is 2.24 bits per heavy atom. The molecule has 0 aliphatic carbocycles. The van der Waals surface area contributed by atoms with Crippen LogP contribution < -0.4 is 0 Å². The van der Waals surface area contributed by atoms with Gasteiger partial charge >= 0.3 is 5.97 Å². The summed E-state index contributed by atoms with van der Waals surface area (Å²) < 4.78 is 5.23. The SMILES string of the molecule is Cc1ccc(-c2noc(-c3ccc(C(=O)O)cc3)n2)cc1. The summed E-state index contributed by atoms with van der Waals surface area (Å²) in [6, 6.07) is 14.1. The van der Waals surface area contributed by atoms with Crippen molar-refractivity contribution in [1.29, 1.82) is 0 Å². The monoisotopic (exact) mass is 280 g/mol. The Morgan fingerprint density at radius 1 is 1.00 bits per heavy atom. The van der Waals surface area contributed by atoms with Crippen molar-refractivity contribution in [1.82, 2.24) is 10.1 Å². The number of aryl methyl sites for hydroxylation is 1. The molecule has 0 aliphatic rings. The number of carboxylic acids is 1. The van der Waals surface area contributed by atoms with E-state index in [4.69, 9.17) is 9.63 Å². The van der Waals surface area contributed by atoms with Crippen LogP contribution in [0.4, 0.5) is 0 Å². The second-order valence-corrected chi connectivity index (χ2v) is 4.67. The third-order valence-corrected chi connectivity index (χ3v) is 3.11. The van der Waals surface area contributed by atoms with Gasteiger partial charge in [0.25, 0.3) is 5.89 Å². The maximum absolute atomic E-state index is 10.8. The van der Waals surface area contributed by atoms with Crippen LogP contribution in [0.3, 0.4) is 0 Å². The number of aromatic carboxylic acids is 1. The number of aromatic nitrogens is 2. The van der Waals surface area contributed by atoms with Gasteiger partial charge in [0, 0.05) is 11.1 Å². The maximum atomic E-state index is 10.8. The molecule has 0 saturated carbocycles. The molecule has 3 aromatic rings. The third kappa shape index (κ3) is 2.67. The van der Waals surface area contributed by atoms with Gasteiger partial charge in [0.2, 0.25) is 5.82 Å². The minimum Gasteiger partial charge on any atom is -0.478 e. The van der Waals surface area contributed by atoms with Gasteiger partial charge in [-0.25, -0.2) is 4.79 Å². The second-order valence-electron chi connectivity index (χ2n) is 4.67. The molecule has 0 atom stereocenters. The van der Waals surface area contributed by atoms with E-state index in [9.17, 15) is 4.79 Å². The average molecular weight is 280 g/mol. The van der Waals surface area contributed by atoms with Gasteiger partial charge in [0.05, 0.1) is 5.56 Å². The third-order valence-electron chi connectivity index (χ3n) is 3.11. The lowest BCUT2D eigenvalue weighted by atomic mass is 10.1. The van der Waals surface area contributed by atoms with Crippen molar-refractivity contribution in [3.05, 3.63) is 59.7 Å². The first-order valence-electron chi connectivity index (χ1n) is 6.38. The number of benzene rings is 2. The van der Waals surface area contributed by atoms with Crippen molar-refractivity contribution in [2.24, 2.45) is 0 Å². The van der Waals surface area contributed by atoms with E-state index in [1.165, 1.54) is 12.1 Å². The largest absolute Gasteiger partial charge is 0.478 e. The summed E-state index contributed by atoms with van der Waals surface area (Å²) in [6.45, 7) is 2.01. The fourth-order valence-corrected chi connectivity index (χ4v) is 1.92. The highest BCUT2D eigenvalue weighted by Crippen LogP contribution is 2.22. The van der Waals surface area contributed by atoms with E-state index in [0.717, 1.165) is 11.1 Å². The Labute approximate surface area is 120 Å². The van der Waals surface area contributed by atoms with Crippen LogP contribution in [-0.2, 0) is 0 Å². The first kappa shape index (κ1) is 13.1. The zero-order chi connectivity index (χ0) is 14.8. The van der Waals surface area contributed by atoms with Gasteiger partial charge in [-0.2, -0.15) is 4.98 Å². The van der Waals surface area contributed by atoms with Crippen LogP contribution in [0.1, 0.15) is 15.9 Å². The lowest BCUT2D eigenvalue weighted by Crippen LogP contribution is -1.94. The number of rotatable bonds is 3. The Morgan fingerprint density at radius 2 is 1.62 bits per heavy atom. The number of hydrogen-bond donors (Lipinski definition) is 1. The van der Waals surface area contributed by atoms with Gasteiger partial charge in [-0.05, 0) is 31.2 Å². The van der Waals surface area contributed by atoms with Crippen LogP contribution in [0.25, 0.3) is 22.8 Å². The predicted molar refractivity (Wildman–Crippen MR) is 76.9 cm³/mol. The molecule has 5 nitrogen and oxygen atoms in total. The van der Waals surface area contributed by atoms with Crippen LogP contribution in [0.2, 0.25) is 0 Å². The summed E-state index contributed by atoms with van der Waals surface area (Å²) >= 11 is 0. The molecule has 0 bridgehead atoms. The topological polar surface area (TPSA) is 76.2 Å². The molecule has 0 spiro atoms. The zero-order valence-corrected chi connectivity index (χ0v) is 11.3. The molecule has 0 unspecified atom stereocenters. The fourth-order valence-electron chi connectivity index (χ4n) is 1.92. The lowest BCUT2D eigenvalue weighted by molar-refractivity contribution is 0.0697. The molecule has 1 N–H and O–H groups in total. The first-order valence-corrected chi connectivity index (χ1v) is 6.38. The first-order chi connectivity index (χ1) is 10.1. The van der Waals surface area contributed by atoms with Gasteiger partial charge in [0.1, 0.15) is 0 Å². The standard InChI is InChI=1S/C16H12N2O3/c1-10-2-4-11(5-3-10)14-17-15(21-18-14)12-6-8-13(9-7-12)16(19)20/h2-9H,1H3,(H,19,20).